The first kappa shape index (κ1) is 30.1. The number of ether oxygens (including phenoxy) is 1. The number of cyclic esters (lactones) is 1. The van der Waals surface area contributed by atoms with E-state index in [1.165, 1.54) is 5.01 Å². The van der Waals surface area contributed by atoms with Gasteiger partial charge in [-0.05, 0) is 67.3 Å². The number of aromatic nitrogens is 1. The van der Waals surface area contributed by atoms with Gasteiger partial charge < -0.3 is 15.4 Å². The molecule has 226 valence electrons. The van der Waals surface area contributed by atoms with Gasteiger partial charge in [-0.25, -0.2) is 5.84 Å². The third-order valence-electron chi connectivity index (χ3n) is 8.06. The van der Waals surface area contributed by atoms with Gasteiger partial charge in [0.05, 0.1) is 12.1 Å². The molecule has 1 aromatic heterocycles. The lowest BCUT2D eigenvalue weighted by Gasteiger charge is -2.41. The summed E-state index contributed by atoms with van der Waals surface area (Å²) in [5, 5.41) is 9.80. The maximum atomic E-state index is 13.4. The number of carbonyl (C=O) groups excluding carboxylic acids is 4. The van der Waals surface area contributed by atoms with Crippen molar-refractivity contribution < 1.29 is 23.9 Å². The standard InChI is InChI=1S/C32H38N6O5/c1-18(2)29-30(40)35-19(3)31(41)37-12-6-9-27(38(37)33)32(42)43-20(4)22-10-11-24-17-34-26(16-25(24)15-22)23-8-5-7-21(13-23)14-28(39)36-29/h5,7-8,10-11,13,15-20,27,29H,6,9,12,14,33H2,1-4H3,(H,35,40)(H,36,39)/t19-,20+,27-,29-/m0/s1. The van der Waals surface area contributed by atoms with Crippen molar-refractivity contribution in [3.05, 3.63) is 65.9 Å². The van der Waals surface area contributed by atoms with Gasteiger partial charge >= 0.3 is 5.97 Å². The van der Waals surface area contributed by atoms with Gasteiger partial charge in [0.1, 0.15) is 24.2 Å². The molecule has 43 heavy (non-hydrogen) atoms. The molecule has 4 N–H and O–H groups in total. The predicted molar refractivity (Wildman–Crippen MR) is 161 cm³/mol. The van der Waals surface area contributed by atoms with Crippen molar-refractivity contribution in [2.75, 3.05) is 6.54 Å². The lowest BCUT2D eigenvalue weighted by Crippen LogP contribution is -2.64. The first-order valence-electron chi connectivity index (χ1n) is 14.7. The van der Waals surface area contributed by atoms with Crippen molar-refractivity contribution in [1.82, 2.24) is 25.7 Å². The number of pyridine rings is 1. The normalized spacial score (nSPS) is 24.4. The molecule has 1 saturated heterocycles. The summed E-state index contributed by atoms with van der Waals surface area (Å²) in [6.07, 6.45) is 2.23. The summed E-state index contributed by atoms with van der Waals surface area (Å²) >= 11 is 0. The molecule has 0 spiro atoms. The molecule has 5 rings (SSSR count). The molecule has 0 aliphatic carbocycles. The molecule has 2 aliphatic heterocycles. The van der Waals surface area contributed by atoms with Crippen LogP contribution in [0.1, 0.15) is 57.8 Å². The molecule has 0 saturated carbocycles. The van der Waals surface area contributed by atoms with E-state index in [1.807, 2.05) is 62.4 Å². The smallest absolute Gasteiger partial charge is 0.327 e. The predicted octanol–water partition coefficient (Wildman–Crippen LogP) is 2.79. The number of carbonyl (C=O) groups is 4. The van der Waals surface area contributed by atoms with Gasteiger partial charge in [-0.15, -0.1) is 5.12 Å². The maximum absolute atomic E-state index is 13.4. The van der Waals surface area contributed by atoms with E-state index in [0.29, 0.717) is 19.4 Å². The van der Waals surface area contributed by atoms with E-state index >= 15 is 0 Å². The van der Waals surface area contributed by atoms with Gasteiger partial charge in [0.2, 0.25) is 11.8 Å². The molecule has 11 heteroatoms. The number of benzene rings is 2. The average Bonchev–Trinajstić information content (AvgIpc) is 2.98. The summed E-state index contributed by atoms with van der Waals surface area (Å²) in [4.78, 5) is 57.6. The second kappa shape index (κ2) is 12.5. The quantitative estimate of drug-likeness (QED) is 0.291. The number of fused-ring (bicyclic) bond motifs is 7. The molecule has 4 atom stereocenters. The highest BCUT2D eigenvalue weighted by molar-refractivity contribution is 5.93. The molecule has 1 fully saturated rings. The summed E-state index contributed by atoms with van der Waals surface area (Å²) in [5.41, 5.74) is 3.14. The minimum Gasteiger partial charge on any atom is -0.457 e. The summed E-state index contributed by atoms with van der Waals surface area (Å²) in [5.74, 6) is 4.26. The van der Waals surface area contributed by atoms with Gasteiger partial charge in [0.25, 0.3) is 5.91 Å². The van der Waals surface area contributed by atoms with Crippen LogP contribution in [0.25, 0.3) is 22.0 Å². The van der Waals surface area contributed by atoms with Crippen LogP contribution in [0.2, 0.25) is 0 Å². The summed E-state index contributed by atoms with van der Waals surface area (Å²) in [6, 6.07) is 12.6. The van der Waals surface area contributed by atoms with E-state index in [0.717, 1.165) is 38.3 Å². The minimum atomic E-state index is -0.951. The van der Waals surface area contributed by atoms with E-state index < -0.39 is 42.0 Å². The van der Waals surface area contributed by atoms with E-state index in [1.54, 1.807) is 20.0 Å². The van der Waals surface area contributed by atoms with Crippen LogP contribution in [0.5, 0.6) is 0 Å². The lowest BCUT2D eigenvalue weighted by molar-refractivity contribution is -0.180. The van der Waals surface area contributed by atoms with Gasteiger partial charge in [-0.3, -0.25) is 29.2 Å². The van der Waals surface area contributed by atoms with Crippen molar-refractivity contribution >= 4 is 34.5 Å². The Morgan fingerprint density at radius 2 is 1.79 bits per heavy atom. The van der Waals surface area contributed by atoms with Crippen LogP contribution in [-0.4, -0.2) is 63.5 Å². The Kier molecular flexibility index (Phi) is 8.74. The number of amides is 3. The molecule has 7 bridgehead atoms. The monoisotopic (exact) mass is 586 g/mol. The fraction of sp³-hybridized carbons (Fsp3) is 0.406. The van der Waals surface area contributed by atoms with Crippen molar-refractivity contribution in [3.63, 3.8) is 0 Å². The zero-order valence-electron chi connectivity index (χ0n) is 24.9. The van der Waals surface area contributed by atoms with E-state index in [-0.39, 0.29) is 18.2 Å². The summed E-state index contributed by atoms with van der Waals surface area (Å²) in [7, 11) is 0. The second-order valence-electron chi connectivity index (χ2n) is 11.7. The van der Waals surface area contributed by atoms with Crippen LogP contribution in [-0.2, 0) is 30.3 Å². The highest BCUT2D eigenvalue weighted by Gasteiger charge is 2.38. The van der Waals surface area contributed by atoms with Crippen LogP contribution in [0.3, 0.4) is 0 Å². The topological polar surface area (TPSA) is 147 Å². The highest BCUT2D eigenvalue weighted by atomic mass is 16.5. The van der Waals surface area contributed by atoms with Gasteiger partial charge in [-0.2, -0.15) is 0 Å². The number of hydrogen-bond donors (Lipinski definition) is 3. The zero-order valence-corrected chi connectivity index (χ0v) is 24.9. The fourth-order valence-corrected chi connectivity index (χ4v) is 5.57. The molecular weight excluding hydrogens is 548 g/mol. The Hall–Kier alpha value is -4.35. The first-order valence-corrected chi connectivity index (χ1v) is 14.7. The Morgan fingerprint density at radius 1 is 1.00 bits per heavy atom. The Labute approximate surface area is 250 Å². The number of nitrogens with one attached hydrogen (secondary N) is 2. The average molecular weight is 587 g/mol. The third kappa shape index (κ3) is 6.52. The molecule has 2 aliphatic rings. The van der Waals surface area contributed by atoms with Crippen molar-refractivity contribution in [1.29, 1.82) is 0 Å². The fourth-order valence-electron chi connectivity index (χ4n) is 5.57. The Morgan fingerprint density at radius 3 is 2.56 bits per heavy atom. The molecule has 11 nitrogen and oxygen atoms in total. The Bertz CT molecular complexity index is 1560. The second-order valence-corrected chi connectivity index (χ2v) is 11.7. The SMILES string of the molecule is CC(C)[C@@H]1NC(=O)Cc2cccc(c2)-c2cc3cc(ccc3cn2)[C@@H](C)OC(=O)[C@@H]2CCCN(C(=O)[C@H](C)NC1=O)N2N. The van der Waals surface area contributed by atoms with Crippen LogP contribution in [0.4, 0.5) is 0 Å². The number of hydrogen-bond acceptors (Lipinski definition) is 8. The van der Waals surface area contributed by atoms with Crippen molar-refractivity contribution in [2.24, 2.45) is 11.8 Å². The van der Waals surface area contributed by atoms with Gasteiger partial charge in [0, 0.05) is 23.7 Å². The number of hydrazine groups is 2. The summed E-state index contributed by atoms with van der Waals surface area (Å²) in [6.45, 7) is 7.28. The molecular formula is C32H38N6O5. The van der Waals surface area contributed by atoms with Crippen molar-refractivity contribution in [2.45, 2.75) is 71.2 Å². The molecule has 0 unspecified atom stereocenters. The molecule has 0 radical (unpaired) electrons. The van der Waals surface area contributed by atoms with Crippen LogP contribution >= 0.6 is 0 Å². The number of nitrogens with two attached hydrogens (primary N) is 1. The number of nitrogens with zero attached hydrogens (tertiary/aromatic N) is 3. The van der Waals surface area contributed by atoms with Gasteiger partial charge in [-0.1, -0.05) is 44.2 Å². The minimum absolute atomic E-state index is 0.0662. The van der Waals surface area contributed by atoms with Crippen LogP contribution in [0.15, 0.2) is 54.7 Å². The van der Waals surface area contributed by atoms with Crippen LogP contribution in [0, 0.1) is 5.92 Å². The van der Waals surface area contributed by atoms with Crippen LogP contribution < -0.4 is 16.5 Å². The molecule has 2 aromatic carbocycles. The van der Waals surface area contributed by atoms with Crippen molar-refractivity contribution in [3.8, 4) is 11.3 Å². The largest absolute Gasteiger partial charge is 0.457 e. The molecule has 3 heterocycles. The Balaban J connectivity index is 1.52. The zero-order chi connectivity index (χ0) is 30.8. The van der Waals surface area contributed by atoms with Gasteiger partial charge in [0.15, 0.2) is 0 Å². The third-order valence-corrected chi connectivity index (χ3v) is 8.06. The molecule has 3 amide bonds. The van der Waals surface area contributed by atoms with E-state index in [9.17, 15) is 19.2 Å². The van der Waals surface area contributed by atoms with E-state index in [2.05, 4.69) is 15.6 Å². The lowest BCUT2D eigenvalue weighted by atomic mass is 10.0. The maximum Gasteiger partial charge on any atom is 0.327 e. The molecule has 3 aromatic rings. The summed E-state index contributed by atoms with van der Waals surface area (Å²) < 4.78 is 5.84. The number of esters is 1. The number of rotatable bonds is 1. The highest BCUT2D eigenvalue weighted by Crippen LogP contribution is 2.28. The van der Waals surface area contributed by atoms with E-state index in [4.69, 9.17) is 10.6 Å². The first-order chi connectivity index (χ1) is 20.5.